The molecule has 0 heterocycles. The number of ether oxygens (including phenoxy) is 3. The number of hydrogen-bond donors (Lipinski definition) is 0. The second-order valence-electron chi connectivity index (χ2n) is 17.8. The molecule has 2 atom stereocenters. The molecule has 0 N–H and O–H groups in total. The molecule has 0 amide bonds. The average Bonchev–Trinajstić information content (AvgIpc) is 3.18. The molecule has 0 aromatic carbocycles. The molecule has 332 valence electrons. The molecular formula is C50H96O6. The van der Waals surface area contributed by atoms with Gasteiger partial charge >= 0.3 is 17.9 Å². The smallest absolute Gasteiger partial charge is 0.306 e. The standard InChI is InChI=1S/C50H96O6/c1-6-8-9-10-11-12-13-14-15-18-21-24-30-35-40-48(51)54-43-47(44-55-49(52)41-36-31-27-26-29-34-39-46(5)7-2)56-50(53)42-37-32-25-22-19-16-17-20-23-28-33-38-45(3)4/h45-47H,6-44H2,1-5H3/t46?,47-/m0/s1. The maximum atomic E-state index is 12.8. The quantitative estimate of drug-likeness (QED) is 0.0347. The van der Waals surface area contributed by atoms with Crippen molar-refractivity contribution in [3.05, 3.63) is 0 Å². The first-order valence-electron chi connectivity index (χ1n) is 24.8. The molecule has 6 nitrogen and oxygen atoms in total. The molecule has 0 aliphatic rings. The Kier molecular flexibility index (Phi) is 41.8. The lowest BCUT2D eigenvalue weighted by atomic mass is 10.00. The van der Waals surface area contributed by atoms with E-state index >= 15 is 0 Å². The Hall–Kier alpha value is -1.59. The SMILES string of the molecule is CCCCCCCCCCCCCCCCC(=O)OC[C@@H](COC(=O)CCCCCCCCC(C)CC)OC(=O)CCCCCCCCCCCCCC(C)C. The van der Waals surface area contributed by atoms with Gasteiger partial charge in [-0.25, -0.2) is 0 Å². The fraction of sp³-hybridized carbons (Fsp3) is 0.940. The molecule has 0 aliphatic heterocycles. The normalized spacial score (nSPS) is 12.5. The molecule has 0 rings (SSSR count). The highest BCUT2D eigenvalue weighted by atomic mass is 16.6. The van der Waals surface area contributed by atoms with Gasteiger partial charge in [0.2, 0.25) is 0 Å². The zero-order valence-electron chi connectivity index (χ0n) is 38.3. The van der Waals surface area contributed by atoms with Crippen molar-refractivity contribution >= 4 is 17.9 Å². The summed E-state index contributed by atoms with van der Waals surface area (Å²) in [6.45, 7) is 11.3. The number of unbranched alkanes of at least 4 members (excludes halogenated alkanes) is 28. The monoisotopic (exact) mass is 793 g/mol. The van der Waals surface area contributed by atoms with Crippen molar-refractivity contribution in [3.63, 3.8) is 0 Å². The van der Waals surface area contributed by atoms with Crippen LogP contribution in [0.1, 0.15) is 272 Å². The van der Waals surface area contributed by atoms with E-state index in [0.717, 1.165) is 69.6 Å². The Bertz CT molecular complexity index is 856. The average molecular weight is 793 g/mol. The highest BCUT2D eigenvalue weighted by Crippen LogP contribution is 2.17. The van der Waals surface area contributed by atoms with Crippen molar-refractivity contribution in [1.29, 1.82) is 0 Å². The second-order valence-corrected chi connectivity index (χ2v) is 17.8. The van der Waals surface area contributed by atoms with Crippen LogP contribution < -0.4 is 0 Å². The van der Waals surface area contributed by atoms with Crippen LogP contribution in [-0.4, -0.2) is 37.2 Å². The van der Waals surface area contributed by atoms with Crippen molar-refractivity contribution < 1.29 is 28.6 Å². The zero-order chi connectivity index (χ0) is 41.2. The third-order valence-corrected chi connectivity index (χ3v) is 11.6. The van der Waals surface area contributed by atoms with Crippen LogP contribution in [0.25, 0.3) is 0 Å². The summed E-state index contributed by atoms with van der Waals surface area (Å²) in [5, 5.41) is 0. The van der Waals surface area contributed by atoms with E-state index in [-0.39, 0.29) is 31.1 Å². The van der Waals surface area contributed by atoms with Crippen LogP contribution in [0.15, 0.2) is 0 Å². The van der Waals surface area contributed by atoms with Gasteiger partial charge < -0.3 is 14.2 Å². The van der Waals surface area contributed by atoms with Crippen LogP contribution in [0.2, 0.25) is 0 Å². The second kappa shape index (κ2) is 43.0. The van der Waals surface area contributed by atoms with Crippen LogP contribution in [0.5, 0.6) is 0 Å². The predicted molar refractivity (Wildman–Crippen MR) is 238 cm³/mol. The minimum absolute atomic E-state index is 0.0647. The summed E-state index contributed by atoms with van der Waals surface area (Å²) < 4.78 is 16.8. The Labute approximate surface area is 348 Å². The Balaban J connectivity index is 4.32. The Morgan fingerprint density at radius 3 is 1.02 bits per heavy atom. The Morgan fingerprint density at radius 1 is 0.375 bits per heavy atom. The zero-order valence-corrected chi connectivity index (χ0v) is 38.3. The lowest BCUT2D eigenvalue weighted by Crippen LogP contribution is -2.30. The lowest BCUT2D eigenvalue weighted by molar-refractivity contribution is -0.167. The fourth-order valence-corrected chi connectivity index (χ4v) is 7.43. The van der Waals surface area contributed by atoms with Crippen molar-refractivity contribution in [3.8, 4) is 0 Å². The molecule has 56 heavy (non-hydrogen) atoms. The highest BCUT2D eigenvalue weighted by Gasteiger charge is 2.19. The number of hydrogen-bond acceptors (Lipinski definition) is 6. The van der Waals surface area contributed by atoms with Crippen molar-refractivity contribution in [2.24, 2.45) is 11.8 Å². The molecule has 0 spiro atoms. The first-order chi connectivity index (χ1) is 27.3. The first-order valence-corrected chi connectivity index (χ1v) is 24.8. The molecule has 1 unspecified atom stereocenters. The van der Waals surface area contributed by atoms with Crippen molar-refractivity contribution in [1.82, 2.24) is 0 Å². The summed E-state index contributed by atoms with van der Waals surface area (Å²) in [5.41, 5.74) is 0. The molecule has 0 bridgehead atoms. The summed E-state index contributed by atoms with van der Waals surface area (Å²) in [4.78, 5) is 37.8. The molecule has 0 aromatic heterocycles. The summed E-state index contributed by atoms with van der Waals surface area (Å²) in [6, 6.07) is 0. The van der Waals surface area contributed by atoms with Gasteiger partial charge in [-0.3, -0.25) is 14.4 Å². The largest absolute Gasteiger partial charge is 0.462 e. The third-order valence-electron chi connectivity index (χ3n) is 11.6. The van der Waals surface area contributed by atoms with Gasteiger partial charge in [0.05, 0.1) is 0 Å². The Morgan fingerprint density at radius 2 is 0.679 bits per heavy atom. The molecule has 0 aliphatic carbocycles. The molecule has 0 radical (unpaired) electrons. The van der Waals surface area contributed by atoms with Gasteiger partial charge in [-0.2, -0.15) is 0 Å². The van der Waals surface area contributed by atoms with Gasteiger partial charge in [-0.15, -0.1) is 0 Å². The lowest BCUT2D eigenvalue weighted by Gasteiger charge is -2.18. The van der Waals surface area contributed by atoms with E-state index in [4.69, 9.17) is 14.2 Å². The molecular weight excluding hydrogens is 697 g/mol. The van der Waals surface area contributed by atoms with Gasteiger partial charge in [0, 0.05) is 19.3 Å². The minimum Gasteiger partial charge on any atom is -0.462 e. The van der Waals surface area contributed by atoms with Gasteiger partial charge in [0.1, 0.15) is 13.2 Å². The van der Waals surface area contributed by atoms with Crippen LogP contribution in [-0.2, 0) is 28.6 Å². The van der Waals surface area contributed by atoms with Crippen LogP contribution in [0.3, 0.4) is 0 Å². The molecule has 0 saturated carbocycles. The maximum Gasteiger partial charge on any atom is 0.306 e. The van der Waals surface area contributed by atoms with E-state index in [9.17, 15) is 14.4 Å². The molecule has 0 aromatic rings. The van der Waals surface area contributed by atoms with E-state index in [0.29, 0.717) is 19.3 Å². The third kappa shape index (κ3) is 42.0. The van der Waals surface area contributed by atoms with Gasteiger partial charge in [-0.1, -0.05) is 234 Å². The van der Waals surface area contributed by atoms with E-state index in [2.05, 4.69) is 34.6 Å². The summed E-state index contributed by atoms with van der Waals surface area (Å²) in [5.74, 6) is 0.785. The molecule has 0 saturated heterocycles. The van der Waals surface area contributed by atoms with Gasteiger partial charge in [-0.05, 0) is 31.1 Å². The first kappa shape index (κ1) is 54.4. The molecule has 6 heteroatoms. The maximum absolute atomic E-state index is 12.8. The summed E-state index contributed by atoms with van der Waals surface area (Å²) in [7, 11) is 0. The topological polar surface area (TPSA) is 78.9 Å². The van der Waals surface area contributed by atoms with Crippen molar-refractivity contribution in [2.75, 3.05) is 13.2 Å². The summed E-state index contributed by atoms with van der Waals surface area (Å²) >= 11 is 0. The van der Waals surface area contributed by atoms with E-state index in [1.54, 1.807) is 0 Å². The van der Waals surface area contributed by atoms with Crippen LogP contribution >= 0.6 is 0 Å². The number of carbonyl (C=O) groups is 3. The molecule has 0 fully saturated rings. The van der Waals surface area contributed by atoms with E-state index < -0.39 is 6.10 Å². The number of esters is 3. The van der Waals surface area contributed by atoms with Gasteiger partial charge in [0.15, 0.2) is 6.10 Å². The number of rotatable bonds is 44. The number of carbonyl (C=O) groups excluding carboxylic acids is 3. The highest BCUT2D eigenvalue weighted by molar-refractivity contribution is 5.71. The van der Waals surface area contributed by atoms with E-state index in [1.807, 2.05) is 0 Å². The fourth-order valence-electron chi connectivity index (χ4n) is 7.43. The van der Waals surface area contributed by atoms with Crippen molar-refractivity contribution in [2.45, 2.75) is 278 Å². The minimum atomic E-state index is -0.761. The van der Waals surface area contributed by atoms with Crippen LogP contribution in [0.4, 0.5) is 0 Å². The van der Waals surface area contributed by atoms with Gasteiger partial charge in [0.25, 0.3) is 0 Å². The van der Waals surface area contributed by atoms with Crippen LogP contribution in [0, 0.1) is 11.8 Å². The summed E-state index contributed by atoms with van der Waals surface area (Å²) in [6.07, 6.45) is 42.3. The van der Waals surface area contributed by atoms with E-state index in [1.165, 1.54) is 161 Å². The predicted octanol–water partition coefficient (Wildman–Crippen LogP) is 15.8.